The van der Waals surface area contributed by atoms with Gasteiger partial charge in [-0.2, -0.15) is 0 Å². The normalized spacial score (nSPS) is 12.6. The molecule has 0 saturated heterocycles. The Morgan fingerprint density at radius 1 is 1.67 bits per heavy atom. The summed E-state index contributed by atoms with van der Waals surface area (Å²) in [5, 5.41) is 20.2. The van der Waals surface area contributed by atoms with Crippen molar-refractivity contribution in [2.45, 2.75) is 19.9 Å². The molecule has 2 heterocycles. The second kappa shape index (κ2) is 5.18. The van der Waals surface area contributed by atoms with Crippen LogP contribution in [0.2, 0.25) is 5.22 Å². The molecule has 0 spiro atoms. The monoisotopic (exact) mass is 270 g/mol. The quantitative estimate of drug-likeness (QED) is 0.888. The average molecular weight is 271 g/mol. The molecule has 8 heteroatoms. The molecule has 18 heavy (non-hydrogen) atoms. The van der Waals surface area contributed by atoms with Crippen molar-refractivity contribution in [2.24, 2.45) is 5.92 Å². The SMILES string of the molecule is CC(CC(=O)O)Cn1nnnc1-c1ccoc1Cl. The third-order valence-corrected chi connectivity index (χ3v) is 2.69. The first kappa shape index (κ1) is 12.6. The summed E-state index contributed by atoms with van der Waals surface area (Å²) in [6, 6.07) is 1.66. The molecule has 0 fully saturated rings. The Morgan fingerprint density at radius 2 is 2.44 bits per heavy atom. The first-order chi connectivity index (χ1) is 8.58. The third-order valence-electron chi connectivity index (χ3n) is 2.40. The van der Waals surface area contributed by atoms with Gasteiger partial charge in [0.1, 0.15) is 0 Å². The van der Waals surface area contributed by atoms with Crippen LogP contribution in [0.15, 0.2) is 16.7 Å². The van der Waals surface area contributed by atoms with Crippen molar-refractivity contribution in [3.63, 3.8) is 0 Å². The number of furan rings is 1. The van der Waals surface area contributed by atoms with Crippen LogP contribution < -0.4 is 0 Å². The Bertz CT molecular complexity index is 551. The first-order valence-electron chi connectivity index (χ1n) is 5.29. The fourth-order valence-electron chi connectivity index (χ4n) is 1.63. The van der Waals surface area contributed by atoms with Crippen LogP contribution in [0.3, 0.4) is 0 Å². The van der Waals surface area contributed by atoms with E-state index in [-0.39, 0.29) is 17.6 Å². The van der Waals surface area contributed by atoms with E-state index in [1.807, 2.05) is 6.92 Å². The van der Waals surface area contributed by atoms with Gasteiger partial charge >= 0.3 is 5.97 Å². The van der Waals surface area contributed by atoms with E-state index in [1.165, 1.54) is 10.9 Å². The predicted octanol–water partition coefficient (Wildman–Crippen LogP) is 1.70. The topological polar surface area (TPSA) is 94.0 Å². The number of aliphatic carboxylic acids is 1. The van der Waals surface area contributed by atoms with Crippen LogP contribution in [0, 0.1) is 5.92 Å². The lowest BCUT2D eigenvalue weighted by atomic mass is 10.1. The van der Waals surface area contributed by atoms with Crippen molar-refractivity contribution in [2.75, 3.05) is 0 Å². The molecular formula is C10H11ClN4O3. The second-order valence-corrected chi connectivity index (χ2v) is 4.34. The van der Waals surface area contributed by atoms with Crippen molar-refractivity contribution in [3.05, 3.63) is 17.5 Å². The molecule has 2 aromatic heterocycles. The van der Waals surface area contributed by atoms with E-state index in [2.05, 4.69) is 15.5 Å². The smallest absolute Gasteiger partial charge is 0.303 e. The maximum absolute atomic E-state index is 10.6. The number of rotatable bonds is 5. The van der Waals surface area contributed by atoms with Gasteiger partial charge in [-0.1, -0.05) is 6.92 Å². The van der Waals surface area contributed by atoms with Crippen LogP contribution in [0.4, 0.5) is 0 Å². The third kappa shape index (κ3) is 2.67. The molecule has 0 aliphatic rings. The molecule has 0 bridgehead atoms. The number of halogens is 1. The summed E-state index contributed by atoms with van der Waals surface area (Å²) >= 11 is 5.85. The van der Waals surface area contributed by atoms with Gasteiger partial charge < -0.3 is 9.52 Å². The van der Waals surface area contributed by atoms with Crippen LogP contribution in [0.1, 0.15) is 13.3 Å². The Balaban J connectivity index is 2.18. The van der Waals surface area contributed by atoms with Gasteiger partial charge in [-0.25, -0.2) is 4.68 Å². The molecule has 0 aromatic carbocycles. The highest BCUT2D eigenvalue weighted by Crippen LogP contribution is 2.26. The zero-order valence-electron chi connectivity index (χ0n) is 9.58. The first-order valence-corrected chi connectivity index (χ1v) is 5.67. The van der Waals surface area contributed by atoms with Gasteiger partial charge in [0, 0.05) is 13.0 Å². The minimum absolute atomic E-state index is 0.0540. The number of carbonyl (C=O) groups is 1. The molecule has 1 N–H and O–H groups in total. The summed E-state index contributed by atoms with van der Waals surface area (Å²) < 4.78 is 6.49. The van der Waals surface area contributed by atoms with Crippen LogP contribution in [-0.4, -0.2) is 31.3 Å². The molecular weight excluding hydrogens is 260 g/mol. The summed E-state index contributed by atoms with van der Waals surface area (Å²) in [7, 11) is 0. The van der Waals surface area contributed by atoms with Crippen LogP contribution in [0.25, 0.3) is 11.4 Å². The number of aromatic nitrogens is 4. The van der Waals surface area contributed by atoms with E-state index in [0.29, 0.717) is 17.9 Å². The summed E-state index contributed by atoms with van der Waals surface area (Å²) in [6.45, 7) is 2.21. The van der Waals surface area contributed by atoms with Crippen molar-refractivity contribution in [1.29, 1.82) is 0 Å². The Kier molecular flexibility index (Phi) is 3.61. The molecule has 1 atom stereocenters. The number of nitrogens with zero attached hydrogens (tertiary/aromatic N) is 4. The molecule has 2 rings (SSSR count). The van der Waals surface area contributed by atoms with E-state index in [9.17, 15) is 4.79 Å². The molecule has 1 unspecified atom stereocenters. The summed E-state index contributed by atoms with van der Waals surface area (Å²) in [5.41, 5.74) is 0.587. The van der Waals surface area contributed by atoms with Crippen molar-refractivity contribution in [1.82, 2.24) is 20.2 Å². The fourth-order valence-corrected chi connectivity index (χ4v) is 1.83. The highest BCUT2D eigenvalue weighted by atomic mass is 35.5. The standard InChI is InChI=1S/C10H11ClN4O3/c1-6(4-8(16)17)5-15-10(12-13-14-15)7-2-3-18-9(7)11/h2-3,6H,4-5H2,1H3,(H,16,17). The molecule has 0 amide bonds. The molecule has 0 radical (unpaired) electrons. The Hall–Kier alpha value is -1.89. The number of carboxylic acids is 1. The number of carboxylic acid groups (broad SMARTS) is 1. The van der Waals surface area contributed by atoms with Gasteiger partial charge in [0.2, 0.25) is 5.22 Å². The van der Waals surface area contributed by atoms with Gasteiger partial charge in [-0.3, -0.25) is 4.79 Å². The van der Waals surface area contributed by atoms with Gasteiger partial charge in [-0.05, 0) is 34.0 Å². The highest BCUT2D eigenvalue weighted by Gasteiger charge is 2.17. The van der Waals surface area contributed by atoms with E-state index in [4.69, 9.17) is 21.1 Å². The second-order valence-electron chi connectivity index (χ2n) is 4.00. The lowest BCUT2D eigenvalue weighted by Crippen LogP contribution is -2.14. The van der Waals surface area contributed by atoms with Gasteiger partial charge in [0.05, 0.1) is 11.8 Å². The van der Waals surface area contributed by atoms with Crippen LogP contribution in [-0.2, 0) is 11.3 Å². The minimum atomic E-state index is -0.849. The lowest BCUT2D eigenvalue weighted by molar-refractivity contribution is -0.138. The van der Waals surface area contributed by atoms with Crippen molar-refractivity contribution < 1.29 is 14.3 Å². The maximum atomic E-state index is 10.6. The van der Waals surface area contributed by atoms with Crippen molar-refractivity contribution in [3.8, 4) is 11.4 Å². The average Bonchev–Trinajstić information content (AvgIpc) is 2.85. The van der Waals surface area contributed by atoms with E-state index in [1.54, 1.807) is 6.07 Å². The Morgan fingerprint density at radius 3 is 3.06 bits per heavy atom. The molecule has 0 aliphatic carbocycles. The maximum Gasteiger partial charge on any atom is 0.303 e. The summed E-state index contributed by atoms with van der Waals surface area (Å²) in [6.07, 6.45) is 1.50. The Labute approximate surface area is 107 Å². The minimum Gasteiger partial charge on any atom is -0.481 e. The fraction of sp³-hybridized carbons (Fsp3) is 0.400. The van der Waals surface area contributed by atoms with E-state index in [0.717, 1.165) is 0 Å². The van der Waals surface area contributed by atoms with E-state index < -0.39 is 5.97 Å². The number of hydrogen-bond acceptors (Lipinski definition) is 5. The van der Waals surface area contributed by atoms with Gasteiger partial charge in [0.25, 0.3) is 0 Å². The van der Waals surface area contributed by atoms with Crippen LogP contribution in [0.5, 0.6) is 0 Å². The van der Waals surface area contributed by atoms with Crippen molar-refractivity contribution >= 4 is 17.6 Å². The highest BCUT2D eigenvalue weighted by molar-refractivity contribution is 6.31. The van der Waals surface area contributed by atoms with Gasteiger partial charge in [-0.15, -0.1) is 5.10 Å². The summed E-state index contributed by atoms with van der Waals surface area (Å²) in [4.78, 5) is 10.6. The molecule has 2 aromatic rings. The zero-order valence-corrected chi connectivity index (χ0v) is 10.3. The van der Waals surface area contributed by atoms with Crippen LogP contribution >= 0.6 is 11.6 Å². The predicted molar refractivity (Wildman–Crippen MR) is 61.9 cm³/mol. The lowest BCUT2D eigenvalue weighted by Gasteiger charge is -2.09. The molecule has 0 saturated carbocycles. The van der Waals surface area contributed by atoms with Gasteiger partial charge in [0.15, 0.2) is 5.82 Å². The summed E-state index contributed by atoms with van der Waals surface area (Å²) in [5.74, 6) is -0.472. The molecule has 0 aliphatic heterocycles. The van der Waals surface area contributed by atoms with E-state index >= 15 is 0 Å². The zero-order chi connectivity index (χ0) is 13.1. The largest absolute Gasteiger partial charge is 0.481 e. The number of tetrazole rings is 1. The molecule has 96 valence electrons. The number of hydrogen-bond donors (Lipinski definition) is 1. The molecule has 7 nitrogen and oxygen atoms in total.